The van der Waals surface area contributed by atoms with E-state index in [0.29, 0.717) is 28.6 Å². The lowest BCUT2D eigenvalue weighted by Gasteiger charge is -1.94. The molecule has 3 heterocycles. The van der Waals surface area contributed by atoms with E-state index in [1.807, 2.05) is 31.2 Å². The highest BCUT2D eigenvalue weighted by molar-refractivity contribution is 9.10. The van der Waals surface area contributed by atoms with E-state index in [9.17, 15) is 0 Å². The fourth-order valence-electron chi connectivity index (χ4n) is 2.17. The minimum absolute atomic E-state index is 0.425. The summed E-state index contributed by atoms with van der Waals surface area (Å²) >= 11 is 4.76. The van der Waals surface area contributed by atoms with Crippen LogP contribution in [-0.2, 0) is 5.75 Å². The van der Waals surface area contributed by atoms with Crippen LogP contribution in [0.2, 0.25) is 0 Å². The monoisotopic (exact) mass is 418 g/mol. The third-order valence-corrected chi connectivity index (χ3v) is 4.66. The number of aromatic nitrogens is 4. The summed E-state index contributed by atoms with van der Waals surface area (Å²) in [6.07, 6.45) is 1.59. The maximum Gasteiger partial charge on any atom is 0.277 e. The number of furan rings is 1. The summed E-state index contributed by atoms with van der Waals surface area (Å²) in [5.41, 5.74) is 1.67. The molecule has 9 heteroatoms. The Balaban J connectivity index is 1.44. The standard InChI is InChI=1S/C16H11BrN4O3S/c1-9-12(5-6-22-9)15-19-20-16(23-15)25-8-13-18-14(21-24-13)10-3-2-4-11(17)7-10/h2-7H,8H2,1H3. The maximum absolute atomic E-state index is 5.62. The smallest absolute Gasteiger partial charge is 0.277 e. The molecule has 0 aliphatic heterocycles. The van der Waals surface area contributed by atoms with E-state index in [0.717, 1.165) is 21.4 Å². The molecule has 0 atom stereocenters. The number of aryl methyl sites for hydroxylation is 1. The molecule has 25 heavy (non-hydrogen) atoms. The summed E-state index contributed by atoms with van der Waals surface area (Å²) in [6, 6.07) is 9.50. The van der Waals surface area contributed by atoms with Gasteiger partial charge in [-0.05, 0) is 25.1 Å². The molecule has 4 aromatic rings. The highest BCUT2D eigenvalue weighted by Gasteiger charge is 2.15. The number of benzene rings is 1. The summed E-state index contributed by atoms with van der Waals surface area (Å²) in [7, 11) is 0. The average molecular weight is 419 g/mol. The summed E-state index contributed by atoms with van der Waals surface area (Å²) in [6.45, 7) is 1.84. The Bertz CT molecular complexity index is 1010. The molecule has 3 aromatic heterocycles. The highest BCUT2D eigenvalue weighted by Crippen LogP contribution is 2.28. The zero-order valence-electron chi connectivity index (χ0n) is 13.0. The molecule has 4 rings (SSSR count). The van der Waals surface area contributed by atoms with Crippen molar-refractivity contribution in [2.75, 3.05) is 0 Å². The van der Waals surface area contributed by atoms with Crippen LogP contribution in [0.1, 0.15) is 11.7 Å². The fourth-order valence-corrected chi connectivity index (χ4v) is 3.17. The molecule has 126 valence electrons. The van der Waals surface area contributed by atoms with Crippen molar-refractivity contribution in [3.63, 3.8) is 0 Å². The van der Waals surface area contributed by atoms with E-state index in [2.05, 4.69) is 36.3 Å². The summed E-state index contributed by atoms with van der Waals surface area (Å²) in [5.74, 6) is 2.62. The van der Waals surface area contributed by atoms with Gasteiger partial charge in [-0.15, -0.1) is 10.2 Å². The molecule has 0 aliphatic carbocycles. The number of thioether (sulfide) groups is 1. The number of rotatable bonds is 5. The van der Waals surface area contributed by atoms with Crippen LogP contribution in [0, 0.1) is 6.92 Å². The molecule has 0 fully saturated rings. The van der Waals surface area contributed by atoms with E-state index in [1.165, 1.54) is 11.8 Å². The third-order valence-electron chi connectivity index (χ3n) is 3.37. The quantitative estimate of drug-likeness (QED) is 0.429. The van der Waals surface area contributed by atoms with Crippen LogP contribution in [0.4, 0.5) is 0 Å². The Morgan fingerprint density at radius 1 is 1.20 bits per heavy atom. The van der Waals surface area contributed by atoms with Gasteiger partial charge in [0.05, 0.1) is 17.6 Å². The van der Waals surface area contributed by atoms with Crippen molar-refractivity contribution in [2.24, 2.45) is 0 Å². The molecule has 0 N–H and O–H groups in total. The lowest BCUT2D eigenvalue weighted by atomic mass is 10.2. The normalized spacial score (nSPS) is 11.1. The molecule has 0 unspecified atom stereocenters. The molecule has 1 aromatic carbocycles. The molecule has 0 aliphatic rings. The first-order chi connectivity index (χ1) is 12.2. The van der Waals surface area contributed by atoms with Gasteiger partial charge in [0, 0.05) is 10.0 Å². The van der Waals surface area contributed by atoms with E-state index >= 15 is 0 Å². The zero-order chi connectivity index (χ0) is 17.2. The van der Waals surface area contributed by atoms with Gasteiger partial charge >= 0.3 is 0 Å². The molecular weight excluding hydrogens is 408 g/mol. The van der Waals surface area contributed by atoms with Gasteiger partial charge in [0.25, 0.3) is 11.1 Å². The molecule has 0 bridgehead atoms. The van der Waals surface area contributed by atoms with E-state index in [-0.39, 0.29) is 0 Å². The van der Waals surface area contributed by atoms with Crippen LogP contribution >= 0.6 is 27.7 Å². The van der Waals surface area contributed by atoms with Crippen LogP contribution < -0.4 is 0 Å². The van der Waals surface area contributed by atoms with Gasteiger partial charge in [-0.2, -0.15) is 4.98 Å². The van der Waals surface area contributed by atoms with E-state index in [4.69, 9.17) is 13.4 Å². The second-order valence-corrected chi connectivity index (χ2v) is 6.92. The predicted molar refractivity (Wildman–Crippen MR) is 93.7 cm³/mol. The minimum Gasteiger partial charge on any atom is -0.469 e. The molecule has 0 radical (unpaired) electrons. The van der Waals surface area contributed by atoms with Crippen molar-refractivity contribution in [1.29, 1.82) is 0 Å². The van der Waals surface area contributed by atoms with Gasteiger partial charge in [-0.3, -0.25) is 0 Å². The Hall–Kier alpha value is -2.39. The first-order valence-electron chi connectivity index (χ1n) is 7.28. The number of halogens is 1. The molecule has 0 saturated carbocycles. The van der Waals surface area contributed by atoms with Gasteiger partial charge in [-0.25, -0.2) is 0 Å². The lowest BCUT2D eigenvalue weighted by molar-refractivity contribution is 0.391. The topological polar surface area (TPSA) is 91.0 Å². The minimum atomic E-state index is 0.425. The predicted octanol–water partition coefficient (Wildman–Crippen LogP) is 4.74. The van der Waals surface area contributed by atoms with Crippen molar-refractivity contribution in [2.45, 2.75) is 17.9 Å². The number of nitrogens with zero attached hydrogens (tertiary/aromatic N) is 4. The Morgan fingerprint density at radius 2 is 2.12 bits per heavy atom. The van der Waals surface area contributed by atoms with Gasteiger partial charge in [0.1, 0.15) is 5.76 Å². The summed E-state index contributed by atoms with van der Waals surface area (Å²) in [5, 5.41) is 12.5. The SMILES string of the molecule is Cc1occc1-c1nnc(SCc2nc(-c3cccc(Br)c3)no2)o1. The van der Waals surface area contributed by atoms with Crippen molar-refractivity contribution < 1.29 is 13.4 Å². The Kier molecular flexibility index (Phi) is 4.41. The molecule has 0 spiro atoms. The molecule has 0 amide bonds. The van der Waals surface area contributed by atoms with Crippen LogP contribution in [0.25, 0.3) is 22.8 Å². The van der Waals surface area contributed by atoms with Gasteiger partial charge in [-0.1, -0.05) is 45.0 Å². The average Bonchev–Trinajstić information content (AvgIpc) is 3.33. The summed E-state index contributed by atoms with van der Waals surface area (Å²) < 4.78 is 17.1. The van der Waals surface area contributed by atoms with Gasteiger partial charge < -0.3 is 13.4 Å². The van der Waals surface area contributed by atoms with Crippen molar-refractivity contribution in [3.05, 3.63) is 52.7 Å². The van der Waals surface area contributed by atoms with E-state index in [1.54, 1.807) is 12.3 Å². The van der Waals surface area contributed by atoms with E-state index < -0.39 is 0 Å². The Morgan fingerprint density at radius 3 is 2.92 bits per heavy atom. The van der Waals surface area contributed by atoms with Crippen LogP contribution in [0.5, 0.6) is 0 Å². The molecule has 0 saturated heterocycles. The molecular formula is C16H11BrN4O3S. The fraction of sp³-hybridized carbons (Fsp3) is 0.125. The van der Waals surface area contributed by atoms with Crippen molar-refractivity contribution >= 4 is 27.7 Å². The van der Waals surface area contributed by atoms with Crippen molar-refractivity contribution in [1.82, 2.24) is 20.3 Å². The number of hydrogen-bond donors (Lipinski definition) is 0. The van der Waals surface area contributed by atoms with Crippen LogP contribution in [0.15, 0.2) is 59.6 Å². The first kappa shape index (κ1) is 16.1. The first-order valence-corrected chi connectivity index (χ1v) is 9.06. The van der Waals surface area contributed by atoms with Crippen LogP contribution in [-0.4, -0.2) is 20.3 Å². The van der Waals surface area contributed by atoms with Gasteiger partial charge in [0.15, 0.2) is 0 Å². The molecule has 7 nitrogen and oxygen atoms in total. The second-order valence-electron chi connectivity index (χ2n) is 5.07. The largest absolute Gasteiger partial charge is 0.469 e. The van der Waals surface area contributed by atoms with Crippen LogP contribution in [0.3, 0.4) is 0 Å². The number of hydrogen-bond acceptors (Lipinski definition) is 8. The maximum atomic E-state index is 5.62. The highest BCUT2D eigenvalue weighted by atomic mass is 79.9. The third kappa shape index (κ3) is 3.52. The van der Waals surface area contributed by atoms with Crippen molar-refractivity contribution in [3.8, 4) is 22.8 Å². The zero-order valence-corrected chi connectivity index (χ0v) is 15.4. The van der Waals surface area contributed by atoms with Gasteiger partial charge in [0.2, 0.25) is 11.7 Å². The summed E-state index contributed by atoms with van der Waals surface area (Å²) in [4.78, 5) is 4.38. The second kappa shape index (κ2) is 6.85. The Labute approximate surface area is 155 Å². The lowest BCUT2D eigenvalue weighted by Crippen LogP contribution is -1.83.